The Hall–Kier alpha value is -2.34. The van der Waals surface area contributed by atoms with Crippen molar-refractivity contribution < 1.29 is 4.42 Å². The number of nitrogen functional groups attached to an aromatic ring is 1. The van der Waals surface area contributed by atoms with Crippen molar-refractivity contribution in [2.75, 3.05) is 23.7 Å². The van der Waals surface area contributed by atoms with E-state index >= 15 is 0 Å². The molecule has 2 aromatic heterocycles. The van der Waals surface area contributed by atoms with Gasteiger partial charge >= 0.3 is 0 Å². The number of anilines is 2. The molecule has 0 bridgehead atoms. The van der Waals surface area contributed by atoms with Crippen LogP contribution in [-0.2, 0) is 0 Å². The first-order valence-electron chi connectivity index (χ1n) is 7.59. The summed E-state index contributed by atoms with van der Waals surface area (Å²) in [5.41, 5.74) is 7.43. The van der Waals surface area contributed by atoms with Crippen LogP contribution < -0.4 is 10.6 Å². The summed E-state index contributed by atoms with van der Waals surface area (Å²) < 4.78 is 5.89. The van der Waals surface area contributed by atoms with Gasteiger partial charge in [-0.25, -0.2) is 9.97 Å². The summed E-state index contributed by atoms with van der Waals surface area (Å²) >= 11 is 5.96. The van der Waals surface area contributed by atoms with E-state index in [1.165, 1.54) is 0 Å². The Balaban J connectivity index is 1.50. The minimum absolute atomic E-state index is 0.202. The van der Waals surface area contributed by atoms with E-state index in [9.17, 15) is 0 Å². The maximum Gasteiger partial charge on any atom is 0.223 e. The van der Waals surface area contributed by atoms with Crippen LogP contribution in [0.5, 0.6) is 0 Å². The van der Waals surface area contributed by atoms with Crippen molar-refractivity contribution in [1.82, 2.24) is 15.0 Å². The quantitative estimate of drug-likeness (QED) is 0.727. The Morgan fingerprint density at radius 2 is 1.91 bits per heavy atom. The average Bonchev–Trinajstić information content (AvgIpc) is 2.98. The van der Waals surface area contributed by atoms with Gasteiger partial charge in [-0.15, -0.1) is 0 Å². The fourth-order valence-electron chi connectivity index (χ4n) is 3.01. The molecule has 118 valence electrons. The maximum atomic E-state index is 5.96. The number of fused-ring (bicyclic) bond motifs is 1. The molecule has 3 aromatic rings. The van der Waals surface area contributed by atoms with Gasteiger partial charge in [0.15, 0.2) is 11.5 Å². The van der Waals surface area contributed by atoms with Crippen molar-refractivity contribution in [2.45, 2.75) is 18.8 Å². The lowest BCUT2D eigenvalue weighted by atomic mass is 9.97. The molecular formula is C16H16ClN5O. The first kappa shape index (κ1) is 14.3. The number of hydrogen-bond acceptors (Lipinski definition) is 6. The minimum atomic E-state index is 0.202. The van der Waals surface area contributed by atoms with Crippen molar-refractivity contribution >= 4 is 34.5 Å². The van der Waals surface area contributed by atoms with Gasteiger partial charge in [0.05, 0.1) is 0 Å². The molecule has 3 heterocycles. The summed E-state index contributed by atoms with van der Waals surface area (Å²) in [6, 6.07) is 9.61. The zero-order valence-electron chi connectivity index (χ0n) is 12.4. The third kappa shape index (κ3) is 2.82. The Bertz CT molecular complexity index is 788. The molecule has 0 amide bonds. The summed E-state index contributed by atoms with van der Waals surface area (Å²) in [5.74, 6) is 2.13. The monoisotopic (exact) mass is 329 g/mol. The van der Waals surface area contributed by atoms with E-state index in [0.29, 0.717) is 11.1 Å². The molecule has 1 aromatic carbocycles. The van der Waals surface area contributed by atoms with Gasteiger partial charge < -0.3 is 15.1 Å². The number of hydrogen-bond donors (Lipinski definition) is 1. The van der Waals surface area contributed by atoms with Crippen molar-refractivity contribution in [3.63, 3.8) is 0 Å². The van der Waals surface area contributed by atoms with Crippen LogP contribution in [0.15, 0.2) is 34.7 Å². The average molecular weight is 330 g/mol. The SMILES string of the molecule is Nc1nc(Cl)cc(N2CCC(c3nc4ccccc4o3)CC2)n1. The first-order chi connectivity index (χ1) is 11.2. The highest BCUT2D eigenvalue weighted by Crippen LogP contribution is 2.31. The van der Waals surface area contributed by atoms with Crippen LogP contribution in [-0.4, -0.2) is 28.0 Å². The largest absolute Gasteiger partial charge is 0.440 e. The van der Waals surface area contributed by atoms with Gasteiger partial charge in [-0.05, 0) is 25.0 Å². The lowest BCUT2D eigenvalue weighted by Gasteiger charge is -2.31. The molecule has 0 atom stereocenters. The summed E-state index contributed by atoms with van der Waals surface area (Å²) in [7, 11) is 0. The first-order valence-corrected chi connectivity index (χ1v) is 7.97. The second-order valence-electron chi connectivity index (χ2n) is 5.69. The molecule has 1 aliphatic heterocycles. The number of benzene rings is 1. The number of piperidine rings is 1. The lowest BCUT2D eigenvalue weighted by molar-refractivity contribution is 0.406. The van der Waals surface area contributed by atoms with Crippen molar-refractivity contribution in [2.24, 2.45) is 0 Å². The molecule has 0 unspecified atom stereocenters. The van der Waals surface area contributed by atoms with Gasteiger partial charge in [0.1, 0.15) is 16.5 Å². The number of nitrogens with two attached hydrogens (primary N) is 1. The maximum absolute atomic E-state index is 5.96. The summed E-state index contributed by atoms with van der Waals surface area (Å²) in [4.78, 5) is 14.9. The van der Waals surface area contributed by atoms with Crippen molar-refractivity contribution in [1.29, 1.82) is 0 Å². The third-order valence-corrected chi connectivity index (χ3v) is 4.37. The lowest BCUT2D eigenvalue weighted by Crippen LogP contribution is -2.33. The normalized spacial score (nSPS) is 16.1. The number of oxazole rings is 1. The Labute approximate surface area is 138 Å². The molecule has 23 heavy (non-hydrogen) atoms. The van der Waals surface area contributed by atoms with Gasteiger partial charge in [-0.1, -0.05) is 23.7 Å². The smallest absolute Gasteiger partial charge is 0.223 e. The number of nitrogens with zero attached hydrogens (tertiary/aromatic N) is 4. The molecule has 0 aliphatic carbocycles. The molecule has 1 aliphatic rings. The second kappa shape index (κ2) is 5.70. The van der Waals surface area contributed by atoms with Gasteiger partial charge in [0, 0.05) is 25.1 Å². The molecular weight excluding hydrogens is 314 g/mol. The molecule has 2 N–H and O–H groups in total. The van der Waals surface area contributed by atoms with Gasteiger partial charge in [-0.2, -0.15) is 4.98 Å². The molecule has 7 heteroatoms. The van der Waals surface area contributed by atoms with E-state index in [-0.39, 0.29) is 5.95 Å². The highest BCUT2D eigenvalue weighted by molar-refractivity contribution is 6.29. The van der Waals surface area contributed by atoms with Crippen molar-refractivity contribution in [3.05, 3.63) is 41.4 Å². The zero-order chi connectivity index (χ0) is 15.8. The van der Waals surface area contributed by atoms with Crippen molar-refractivity contribution in [3.8, 4) is 0 Å². The molecule has 1 fully saturated rings. The Kier molecular flexibility index (Phi) is 3.53. The molecule has 4 rings (SSSR count). The van der Waals surface area contributed by atoms with Crippen LogP contribution in [0.1, 0.15) is 24.7 Å². The van der Waals surface area contributed by atoms with E-state index in [2.05, 4.69) is 19.9 Å². The predicted molar refractivity (Wildman–Crippen MR) is 89.7 cm³/mol. The van der Waals surface area contributed by atoms with E-state index in [4.69, 9.17) is 21.8 Å². The molecule has 1 saturated heterocycles. The third-order valence-electron chi connectivity index (χ3n) is 4.18. The van der Waals surface area contributed by atoms with Crippen LogP contribution in [0, 0.1) is 0 Å². The highest BCUT2D eigenvalue weighted by Gasteiger charge is 2.25. The second-order valence-corrected chi connectivity index (χ2v) is 6.08. The summed E-state index contributed by atoms with van der Waals surface area (Å²) in [6.07, 6.45) is 1.91. The number of halogens is 1. The highest BCUT2D eigenvalue weighted by atomic mass is 35.5. The number of para-hydroxylation sites is 2. The van der Waals surface area contributed by atoms with Gasteiger partial charge in [0.2, 0.25) is 5.95 Å². The van der Waals surface area contributed by atoms with Gasteiger partial charge in [0.25, 0.3) is 0 Å². The molecule has 0 spiro atoms. The van der Waals surface area contributed by atoms with E-state index in [1.54, 1.807) is 6.07 Å². The van der Waals surface area contributed by atoms with E-state index in [0.717, 1.165) is 48.7 Å². The zero-order valence-corrected chi connectivity index (χ0v) is 13.2. The van der Waals surface area contributed by atoms with E-state index < -0.39 is 0 Å². The van der Waals surface area contributed by atoms with Crippen LogP contribution in [0.4, 0.5) is 11.8 Å². The summed E-state index contributed by atoms with van der Waals surface area (Å²) in [5, 5.41) is 0.369. The Morgan fingerprint density at radius 1 is 1.13 bits per heavy atom. The molecule has 6 nitrogen and oxygen atoms in total. The Morgan fingerprint density at radius 3 is 2.65 bits per heavy atom. The van der Waals surface area contributed by atoms with Crippen LogP contribution in [0.25, 0.3) is 11.1 Å². The number of aromatic nitrogens is 3. The van der Waals surface area contributed by atoms with Crippen LogP contribution in [0.3, 0.4) is 0 Å². The minimum Gasteiger partial charge on any atom is -0.440 e. The fraction of sp³-hybridized carbons (Fsp3) is 0.312. The van der Waals surface area contributed by atoms with Gasteiger partial charge in [-0.3, -0.25) is 0 Å². The van der Waals surface area contributed by atoms with Crippen LogP contribution >= 0.6 is 11.6 Å². The topological polar surface area (TPSA) is 81.1 Å². The predicted octanol–water partition coefficient (Wildman–Crippen LogP) is 3.24. The number of rotatable bonds is 2. The molecule has 0 radical (unpaired) electrons. The van der Waals surface area contributed by atoms with Crippen LogP contribution in [0.2, 0.25) is 5.15 Å². The van der Waals surface area contributed by atoms with E-state index in [1.807, 2.05) is 24.3 Å². The fourth-order valence-corrected chi connectivity index (χ4v) is 3.19. The standard InChI is InChI=1S/C16H16ClN5O/c17-13-9-14(21-16(18)20-13)22-7-5-10(6-8-22)15-19-11-3-1-2-4-12(11)23-15/h1-4,9-10H,5-8H2,(H2,18,20,21). The summed E-state index contributed by atoms with van der Waals surface area (Å²) in [6.45, 7) is 1.71. The molecule has 0 saturated carbocycles.